The maximum absolute atomic E-state index is 14.0. The summed E-state index contributed by atoms with van der Waals surface area (Å²) in [6, 6.07) is 20.4. The molecule has 3 nitrogen and oxygen atoms in total. The molecule has 2 aliphatic heterocycles. The molecule has 152 valence electrons. The topological polar surface area (TPSA) is 24.8 Å². The van der Waals surface area contributed by atoms with Crippen LogP contribution < -0.4 is 0 Å². The molecule has 2 aliphatic rings. The number of benzene rings is 3. The Kier molecular flexibility index (Phi) is 5.05. The van der Waals surface area contributed by atoms with E-state index in [4.69, 9.17) is 4.74 Å². The SMILES string of the molecule is Fc1cccc(F)c1C1=NC(c2ccc(CN3CCc4ccccc4C3)cc2)CO1. The fraction of sp³-hybridized carbons (Fsp3) is 0.240. The van der Waals surface area contributed by atoms with E-state index in [1.54, 1.807) is 0 Å². The van der Waals surface area contributed by atoms with Gasteiger partial charge in [0.2, 0.25) is 5.90 Å². The Morgan fingerprint density at radius 3 is 2.40 bits per heavy atom. The van der Waals surface area contributed by atoms with Gasteiger partial charge in [0.1, 0.15) is 29.8 Å². The van der Waals surface area contributed by atoms with Crippen molar-refractivity contribution in [1.82, 2.24) is 4.90 Å². The van der Waals surface area contributed by atoms with Gasteiger partial charge in [-0.05, 0) is 40.8 Å². The van der Waals surface area contributed by atoms with Crippen LogP contribution in [0, 0.1) is 11.6 Å². The van der Waals surface area contributed by atoms with Crippen LogP contribution in [0.2, 0.25) is 0 Å². The Hall–Kier alpha value is -3.05. The molecule has 0 spiro atoms. The summed E-state index contributed by atoms with van der Waals surface area (Å²) in [5.41, 5.74) is 4.88. The molecule has 1 unspecified atom stereocenters. The highest BCUT2D eigenvalue weighted by Gasteiger charge is 2.26. The molecule has 0 fully saturated rings. The number of hydrogen-bond donors (Lipinski definition) is 0. The summed E-state index contributed by atoms with van der Waals surface area (Å²) < 4.78 is 33.5. The molecule has 0 saturated carbocycles. The maximum Gasteiger partial charge on any atom is 0.222 e. The van der Waals surface area contributed by atoms with Gasteiger partial charge in [0.25, 0.3) is 0 Å². The number of halogens is 2. The minimum absolute atomic E-state index is 0.0339. The quantitative estimate of drug-likeness (QED) is 0.609. The van der Waals surface area contributed by atoms with Gasteiger partial charge < -0.3 is 4.74 Å². The molecule has 0 radical (unpaired) electrons. The Morgan fingerprint density at radius 2 is 1.63 bits per heavy atom. The van der Waals surface area contributed by atoms with E-state index >= 15 is 0 Å². The predicted molar refractivity (Wildman–Crippen MR) is 112 cm³/mol. The lowest BCUT2D eigenvalue weighted by molar-refractivity contribution is 0.245. The van der Waals surface area contributed by atoms with Crippen LogP contribution in [-0.4, -0.2) is 23.9 Å². The zero-order chi connectivity index (χ0) is 20.5. The van der Waals surface area contributed by atoms with E-state index in [-0.39, 0.29) is 24.1 Å². The molecule has 3 aromatic carbocycles. The largest absolute Gasteiger partial charge is 0.475 e. The Bertz CT molecular complexity index is 1070. The van der Waals surface area contributed by atoms with E-state index < -0.39 is 11.6 Å². The number of hydrogen-bond acceptors (Lipinski definition) is 3. The van der Waals surface area contributed by atoms with E-state index in [1.807, 2.05) is 12.1 Å². The maximum atomic E-state index is 14.0. The second kappa shape index (κ2) is 8.00. The van der Waals surface area contributed by atoms with Gasteiger partial charge in [-0.15, -0.1) is 0 Å². The van der Waals surface area contributed by atoms with Gasteiger partial charge in [0.15, 0.2) is 0 Å². The zero-order valence-electron chi connectivity index (χ0n) is 16.5. The second-order valence-electron chi connectivity index (χ2n) is 7.83. The number of aliphatic imine (C=N–C) groups is 1. The van der Waals surface area contributed by atoms with Crippen molar-refractivity contribution in [2.45, 2.75) is 25.6 Å². The van der Waals surface area contributed by atoms with Crippen LogP contribution in [-0.2, 0) is 24.2 Å². The van der Waals surface area contributed by atoms with E-state index in [1.165, 1.54) is 34.9 Å². The first-order valence-corrected chi connectivity index (χ1v) is 10.2. The lowest BCUT2D eigenvalue weighted by Crippen LogP contribution is -2.29. The van der Waals surface area contributed by atoms with E-state index in [9.17, 15) is 8.78 Å². The number of fused-ring (bicyclic) bond motifs is 1. The molecule has 0 N–H and O–H groups in total. The standard InChI is InChI=1S/C25H22F2N2O/c26-21-6-3-7-22(27)24(21)25-28-23(16-30-25)19-10-8-17(9-11-19)14-29-13-12-18-4-1-2-5-20(18)15-29/h1-11,23H,12-16H2. The third-order valence-electron chi connectivity index (χ3n) is 5.81. The zero-order valence-corrected chi connectivity index (χ0v) is 16.5. The third-order valence-corrected chi connectivity index (χ3v) is 5.81. The smallest absolute Gasteiger partial charge is 0.222 e. The van der Waals surface area contributed by atoms with Crippen molar-refractivity contribution in [2.75, 3.05) is 13.2 Å². The van der Waals surface area contributed by atoms with E-state index in [2.05, 4.69) is 46.3 Å². The minimum Gasteiger partial charge on any atom is -0.475 e. The molecule has 0 saturated heterocycles. The van der Waals surface area contributed by atoms with Crippen molar-refractivity contribution < 1.29 is 13.5 Å². The molecule has 5 rings (SSSR count). The normalized spacial score (nSPS) is 18.6. The lowest BCUT2D eigenvalue weighted by Gasteiger charge is -2.28. The van der Waals surface area contributed by atoms with Gasteiger partial charge in [0, 0.05) is 19.6 Å². The van der Waals surface area contributed by atoms with Crippen LogP contribution in [0.5, 0.6) is 0 Å². The fourth-order valence-corrected chi connectivity index (χ4v) is 4.18. The summed E-state index contributed by atoms with van der Waals surface area (Å²) in [4.78, 5) is 6.88. The van der Waals surface area contributed by atoms with Crippen LogP contribution in [0.15, 0.2) is 71.7 Å². The summed E-state index contributed by atoms with van der Waals surface area (Å²) in [7, 11) is 0. The van der Waals surface area contributed by atoms with Crippen LogP contribution in [0.3, 0.4) is 0 Å². The third kappa shape index (κ3) is 3.73. The van der Waals surface area contributed by atoms with Crippen molar-refractivity contribution in [2.24, 2.45) is 4.99 Å². The number of rotatable bonds is 4. The summed E-state index contributed by atoms with van der Waals surface area (Å²) in [6.07, 6.45) is 1.08. The van der Waals surface area contributed by atoms with Crippen molar-refractivity contribution in [3.63, 3.8) is 0 Å². The molecular weight excluding hydrogens is 382 g/mol. The molecule has 0 aromatic heterocycles. The van der Waals surface area contributed by atoms with Crippen LogP contribution >= 0.6 is 0 Å². The molecule has 5 heteroatoms. The van der Waals surface area contributed by atoms with Crippen molar-refractivity contribution >= 4 is 5.90 Å². The molecule has 0 aliphatic carbocycles. The van der Waals surface area contributed by atoms with Gasteiger partial charge in [-0.25, -0.2) is 13.8 Å². The van der Waals surface area contributed by atoms with Crippen molar-refractivity contribution in [1.29, 1.82) is 0 Å². The van der Waals surface area contributed by atoms with Crippen LogP contribution in [0.1, 0.15) is 33.9 Å². The molecular formula is C25H22F2N2O. The minimum atomic E-state index is -0.659. The molecule has 1 atom stereocenters. The highest BCUT2D eigenvalue weighted by Crippen LogP contribution is 2.28. The molecule has 2 heterocycles. The first kappa shape index (κ1) is 18.9. The highest BCUT2D eigenvalue weighted by molar-refractivity contribution is 5.95. The lowest BCUT2D eigenvalue weighted by atomic mass is 9.99. The summed E-state index contributed by atoms with van der Waals surface area (Å²) in [6.45, 7) is 3.20. The summed E-state index contributed by atoms with van der Waals surface area (Å²) in [5, 5.41) is 0. The molecule has 0 amide bonds. The van der Waals surface area contributed by atoms with Gasteiger partial charge in [-0.3, -0.25) is 4.90 Å². The molecule has 3 aromatic rings. The van der Waals surface area contributed by atoms with Crippen molar-refractivity contribution in [3.05, 3.63) is 106 Å². The summed E-state index contributed by atoms with van der Waals surface area (Å²) >= 11 is 0. The highest BCUT2D eigenvalue weighted by atomic mass is 19.1. The molecule has 0 bridgehead atoms. The average Bonchev–Trinajstić information content (AvgIpc) is 3.24. The van der Waals surface area contributed by atoms with Crippen LogP contribution in [0.25, 0.3) is 0 Å². The van der Waals surface area contributed by atoms with Gasteiger partial charge in [0.05, 0.1) is 0 Å². The van der Waals surface area contributed by atoms with E-state index in [0.29, 0.717) is 0 Å². The Morgan fingerprint density at radius 1 is 0.900 bits per heavy atom. The Labute approximate surface area is 174 Å². The van der Waals surface area contributed by atoms with Crippen molar-refractivity contribution in [3.8, 4) is 0 Å². The fourth-order valence-electron chi connectivity index (χ4n) is 4.18. The van der Waals surface area contributed by atoms with Gasteiger partial charge in [-0.2, -0.15) is 0 Å². The number of nitrogens with zero attached hydrogens (tertiary/aromatic N) is 2. The molecule has 30 heavy (non-hydrogen) atoms. The predicted octanol–water partition coefficient (Wildman–Crippen LogP) is 5.04. The van der Waals surface area contributed by atoms with E-state index in [0.717, 1.165) is 31.6 Å². The van der Waals surface area contributed by atoms with Gasteiger partial charge in [-0.1, -0.05) is 54.6 Å². The first-order valence-electron chi connectivity index (χ1n) is 10.2. The first-order chi connectivity index (χ1) is 14.7. The second-order valence-corrected chi connectivity index (χ2v) is 7.83. The summed E-state index contributed by atoms with van der Waals surface area (Å²) in [5.74, 6) is -1.28. The number of ether oxygens (including phenoxy) is 1. The van der Waals surface area contributed by atoms with Gasteiger partial charge >= 0.3 is 0 Å². The monoisotopic (exact) mass is 404 g/mol. The van der Waals surface area contributed by atoms with Crippen LogP contribution in [0.4, 0.5) is 8.78 Å². The average molecular weight is 404 g/mol. The Balaban J connectivity index is 1.27.